The molecule has 0 saturated carbocycles. The minimum Gasteiger partial charge on any atom is -0.491 e. The van der Waals surface area contributed by atoms with Crippen LogP contribution in [0.5, 0.6) is 5.75 Å². The van der Waals surface area contributed by atoms with Gasteiger partial charge in [0.1, 0.15) is 12.4 Å². The van der Waals surface area contributed by atoms with Crippen molar-refractivity contribution in [2.45, 2.75) is 0 Å². The van der Waals surface area contributed by atoms with Crippen LogP contribution in [0.15, 0.2) is 30.3 Å². The van der Waals surface area contributed by atoms with Crippen LogP contribution in [0.25, 0.3) is 6.08 Å². The number of hydrogen-bond acceptors (Lipinski definition) is 3. The van der Waals surface area contributed by atoms with Crippen molar-refractivity contribution < 1.29 is 14.3 Å². The smallest absolute Gasteiger partial charge is 0.241 e. The first kappa shape index (κ1) is 12.3. The second-order valence-corrected chi connectivity index (χ2v) is 3.15. The third-order valence-corrected chi connectivity index (χ3v) is 1.88. The summed E-state index contributed by atoms with van der Waals surface area (Å²) in [5, 5.41) is 0. The molecule has 0 radical (unpaired) electrons. The van der Waals surface area contributed by atoms with Crippen molar-refractivity contribution in [2.75, 3.05) is 20.3 Å². The minimum absolute atomic E-state index is 0.458. The van der Waals surface area contributed by atoms with Crippen molar-refractivity contribution in [1.82, 2.24) is 0 Å². The lowest BCUT2D eigenvalue weighted by Crippen LogP contribution is -2.05. The highest BCUT2D eigenvalue weighted by Crippen LogP contribution is 2.12. The van der Waals surface area contributed by atoms with Crippen molar-refractivity contribution >= 4 is 12.0 Å². The Balaban J connectivity index is 2.51. The Morgan fingerprint density at radius 2 is 2.00 bits per heavy atom. The van der Waals surface area contributed by atoms with Crippen molar-refractivity contribution in [1.29, 1.82) is 0 Å². The van der Waals surface area contributed by atoms with E-state index in [2.05, 4.69) is 0 Å². The molecule has 0 heterocycles. The van der Waals surface area contributed by atoms with Crippen LogP contribution in [0.4, 0.5) is 0 Å². The molecule has 0 bridgehead atoms. The van der Waals surface area contributed by atoms with Gasteiger partial charge in [-0.1, -0.05) is 12.1 Å². The van der Waals surface area contributed by atoms with Crippen molar-refractivity contribution in [2.24, 2.45) is 5.73 Å². The fourth-order valence-electron chi connectivity index (χ4n) is 1.10. The quantitative estimate of drug-likeness (QED) is 0.580. The summed E-state index contributed by atoms with van der Waals surface area (Å²) in [6.07, 6.45) is 2.97. The average Bonchev–Trinajstić information content (AvgIpc) is 2.28. The molecule has 0 aliphatic rings. The maximum Gasteiger partial charge on any atom is 0.241 e. The highest BCUT2D eigenvalue weighted by Gasteiger charge is 1.93. The van der Waals surface area contributed by atoms with Gasteiger partial charge in [0.05, 0.1) is 6.61 Å². The van der Waals surface area contributed by atoms with Gasteiger partial charge < -0.3 is 15.2 Å². The van der Waals surface area contributed by atoms with Gasteiger partial charge in [-0.2, -0.15) is 0 Å². The third-order valence-electron chi connectivity index (χ3n) is 1.88. The number of primary amides is 1. The van der Waals surface area contributed by atoms with Gasteiger partial charge in [0.25, 0.3) is 0 Å². The highest BCUT2D eigenvalue weighted by atomic mass is 16.5. The van der Waals surface area contributed by atoms with Gasteiger partial charge in [0.2, 0.25) is 5.91 Å². The van der Waals surface area contributed by atoms with Crippen molar-refractivity contribution in [3.05, 3.63) is 35.9 Å². The second kappa shape index (κ2) is 6.63. The summed E-state index contributed by atoms with van der Waals surface area (Å²) in [5.74, 6) is 0.314. The minimum atomic E-state index is -0.458. The first-order chi connectivity index (χ1) is 7.72. The summed E-state index contributed by atoms with van der Waals surface area (Å²) >= 11 is 0. The van der Waals surface area contributed by atoms with E-state index >= 15 is 0 Å². The maximum absolute atomic E-state index is 10.5. The van der Waals surface area contributed by atoms with Crippen LogP contribution in [0.1, 0.15) is 5.56 Å². The lowest BCUT2D eigenvalue weighted by atomic mass is 10.2. The molecule has 4 heteroatoms. The molecule has 2 N–H and O–H groups in total. The Hall–Kier alpha value is -1.81. The molecule has 1 rings (SSSR count). The molecule has 0 atom stereocenters. The molecule has 0 spiro atoms. The molecule has 4 nitrogen and oxygen atoms in total. The van der Waals surface area contributed by atoms with Gasteiger partial charge >= 0.3 is 0 Å². The molecule has 0 unspecified atom stereocenters. The highest BCUT2D eigenvalue weighted by molar-refractivity contribution is 5.90. The van der Waals surface area contributed by atoms with Crippen LogP contribution in [0.3, 0.4) is 0 Å². The Kier molecular flexibility index (Phi) is 5.08. The molecule has 0 saturated heterocycles. The summed E-state index contributed by atoms with van der Waals surface area (Å²) in [6.45, 7) is 1.08. The van der Waals surface area contributed by atoms with E-state index in [1.54, 1.807) is 13.2 Å². The predicted molar refractivity (Wildman–Crippen MR) is 62.0 cm³/mol. The van der Waals surface area contributed by atoms with E-state index in [1.165, 1.54) is 6.08 Å². The maximum atomic E-state index is 10.5. The zero-order valence-corrected chi connectivity index (χ0v) is 9.18. The largest absolute Gasteiger partial charge is 0.491 e. The molecular weight excluding hydrogens is 206 g/mol. The van der Waals surface area contributed by atoms with E-state index in [0.717, 1.165) is 11.3 Å². The average molecular weight is 221 g/mol. The predicted octanol–water partition coefficient (Wildman–Crippen LogP) is 1.21. The summed E-state index contributed by atoms with van der Waals surface area (Å²) in [4.78, 5) is 10.5. The van der Waals surface area contributed by atoms with E-state index < -0.39 is 5.91 Å². The molecule has 1 amide bonds. The van der Waals surface area contributed by atoms with Crippen LogP contribution in [0, 0.1) is 0 Å². The zero-order chi connectivity index (χ0) is 11.8. The molecule has 16 heavy (non-hydrogen) atoms. The number of ether oxygens (including phenoxy) is 2. The molecular formula is C12H15NO3. The van der Waals surface area contributed by atoms with E-state index in [4.69, 9.17) is 15.2 Å². The standard InChI is InChI=1S/C12H15NO3/c1-15-8-9-16-11-5-2-10(3-6-11)4-7-12(13)14/h2-7H,8-9H2,1H3,(H2,13,14). The van der Waals surface area contributed by atoms with Crippen molar-refractivity contribution in [3.8, 4) is 5.75 Å². The topological polar surface area (TPSA) is 61.6 Å². The molecule has 0 aromatic heterocycles. The SMILES string of the molecule is COCCOc1ccc(C=CC(N)=O)cc1. The summed E-state index contributed by atoms with van der Waals surface area (Å²) < 4.78 is 10.3. The fraction of sp³-hybridized carbons (Fsp3) is 0.250. The molecule has 1 aromatic carbocycles. The van der Waals surface area contributed by atoms with Crippen LogP contribution in [-0.2, 0) is 9.53 Å². The van der Waals surface area contributed by atoms with E-state index in [-0.39, 0.29) is 0 Å². The number of rotatable bonds is 6. The molecule has 0 fully saturated rings. The zero-order valence-electron chi connectivity index (χ0n) is 9.18. The molecule has 86 valence electrons. The Bertz CT molecular complexity index is 357. The number of carbonyl (C=O) groups is 1. The molecule has 1 aromatic rings. The summed E-state index contributed by atoms with van der Waals surface area (Å²) in [6, 6.07) is 7.36. The third kappa shape index (κ3) is 4.61. The number of hydrogen-bond donors (Lipinski definition) is 1. The lowest BCUT2D eigenvalue weighted by Gasteiger charge is -2.05. The van der Waals surface area contributed by atoms with Gasteiger partial charge in [-0.25, -0.2) is 0 Å². The fourth-order valence-corrected chi connectivity index (χ4v) is 1.10. The summed E-state index contributed by atoms with van der Waals surface area (Å²) in [7, 11) is 1.63. The number of benzene rings is 1. The number of methoxy groups -OCH3 is 1. The van der Waals surface area contributed by atoms with E-state index in [9.17, 15) is 4.79 Å². The molecule has 0 aliphatic heterocycles. The second-order valence-electron chi connectivity index (χ2n) is 3.15. The van der Waals surface area contributed by atoms with Crippen molar-refractivity contribution in [3.63, 3.8) is 0 Å². The first-order valence-electron chi connectivity index (χ1n) is 4.91. The lowest BCUT2D eigenvalue weighted by molar-refractivity contribution is -0.113. The number of amides is 1. The Morgan fingerprint density at radius 3 is 2.56 bits per heavy atom. The van der Waals surface area contributed by atoms with Gasteiger partial charge in [-0.15, -0.1) is 0 Å². The Labute approximate surface area is 94.7 Å². The number of carbonyl (C=O) groups excluding carboxylic acids is 1. The van der Waals surface area contributed by atoms with Crippen LogP contribution in [-0.4, -0.2) is 26.2 Å². The van der Waals surface area contributed by atoms with Gasteiger partial charge in [-0.3, -0.25) is 4.79 Å². The normalized spacial score (nSPS) is 10.6. The molecule has 0 aliphatic carbocycles. The van der Waals surface area contributed by atoms with Gasteiger partial charge in [0, 0.05) is 13.2 Å². The van der Waals surface area contributed by atoms with Crippen LogP contribution in [0.2, 0.25) is 0 Å². The van der Waals surface area contributed by atoms with E-state index in [0.29, 0.717) is 13.2 Å². The number of nitrogens with two attached hydrogens (primary N) is 1. The van der Waals surface area contributed by atoms with E-state index in [1.807, 2.05) is 24.3 Å². The monoisotopic (exact) mass is 221 g/mol. The first-order valence-corrected chi connectivity index (χ1v) is 4.91. The van der Waals surface area contributed by atoms with Crippen LogP contribution >= 0.6 is 0 Å². The van der Waals surface area contributed by atoms with Gasteiger partial charge in [-0.05, 0) is 23.8 Å². The summed E-state index contributed by atoms with van der Waals surface area (Å²) in [5.41, 5.74) is 5.89. The Morgan fingerprint density at radius 1 is 1.31 bits per heavy atom. The van der Waals surface area contributed by atoms with Gasteiger partial charge in [0.15, 0.2) is 0 Å². The van der Waals surface area contributed by atoms with Crippen LogP contribution < -0.4 is 10.5 Å².